The maximum absolute atomic E-state index is 12.9. The fourth-order valence-electron chi connectivity index (χ4n) is 4.34. The summed E-state index contributed by atoms with van der Waals surface area (Å²) in [6, 6.07) is 15.6. The van der Waals surface area contributed by atoms with Gasteiger partial charge in [-0.25, -0.2) is 9.59 Å². The van der Waals surface area contributed by atoms with Gasteiger partial charge >= 0.3 is 18.2 Å². The number of nitrogens with zero attached hydrogens (tertiary/aromatic N) is 1. The number of halogens is 3. The number of alkyl halides is 3. The normalized spacial score (nSPS) is 14.9. The quantitative estimate of drug-likeness (QED) is 0.550. The van der Waals surface area contributed by atoms with Crippen molar-refractivity contribution in [2.75, 3.05) is 13.2 Å². The van der Waals surface area contributed by atoms with Gasteiger partial charge in [-0.3, -0.25) is 4.90 Å². The number of carboxylic acids is 1. The summed E-state index contributed by atoms with van der Waals surface area (Å²) in [4.78, 5) is 25.8. The highest BCUT2D eigenvalue weighted by molar-refractivity contribution is 5.84. The SMILES string of the molecule is CCN(C(=O)OCC1c2ccccc2-c2ccccc21)C(C)(CCCC(F)(F)F)C(=O)O. The van der Waals surface area contributed by atoms with Crippen LogP contribution in [0.5, 0.6) is 0 Å². The number of aliphatic carboxylic acids is 1. The van der Waals surface area contributed by atoms with Gasteiger partial charge in [-0.05, 0) is 48.9 Å². The molecule has 0 saturated carbocycles. The number of carbonyl (C=O) groups is 2. The standard InChI is InChI=1S/C24H26F3NO4/c1-3-28(23(2,21(29)30)13-8-14-24(25,26)27)22(31)32-15-20-18-11-6-4-9-16(18)17-10-5-7-12-19(17)20/h4-7,9-12,20H,3,8,13-15H2,1-2H3,(H,29,30). The molecule has 0 saturated heterocycles. The molecule has 1 amide bonds. The summed E-state index contributed by atoms with van der Waals surface area (Å²) < 4.78 is 43.2. The van der Waals surface area contributed by atoms with Crippen molar-refractivity contribution in [2.45, 2.75) is 50.7 Å². The number of rotatable bonds is 8. The minimum absolute atomic E-state index is 0.00160. The zero-order valence-electron chi connectivity index (χ0n) is 18.0. The molecule has 0 aliphatic heterocycles. The lowest BCUT2D eigenvalue weighted by molar-refractivity contribution is -0.153. The number of hydrogen-bond donors (Lipinski definition) is 1. The average Bonchev–Trinajstić information content (AvgIpc) is 3.05. The lowest BCUT2D eigenvalue weighted by Crippen LogP contribution is -2.55. The number of amides is 1. The molecule has 2 aromatic rings. The average molecular weight is 449 g/mol. The molecule has 32 heavy (non-hydrogen) atoms. The van der Waals surface area contributed by atoms with Gasteiger partial charge in [-0.15, -0.1) is 0 Å². The second-order valence-corrected chi connectivity index (χ2v) is 8.10. The monoisotopic (exact) mass is 449 g/mol. The Morgan fingerprint density at radius 3 is 2.00 bits per heavy atom. The van der Waals surface area contributed by atoms with Crippen LogP contribution < -0.4 is 0 Å². The van der Waals surface area contributed by atoms with Gasteiger partial charge in [0.1, 0.15) is 12.1 Å². The van der Waals surface area contributed by atoms with Gasteiger partial charge in [0.05, 0.1) is 0 Å². The highest BCUT2D eigenvalue weighted by atomic mass is 19.4. The van der Waals surface area contributed by atoms with Gasteiger partial charge in [0, 0.05) is 18.9 Å². The Bertz CT molecular complexity index is 946. The summed E-state index contributed by atoms with van der Waals surface area (Å²) in [5.74, 6) is -1.57. The predicted molar refractivity (Wildman–Crippen MR) is 113 cm³/mol. The second kappa shape index (κ2) is 9.22. The maximum Gasteiger partial charge on any atom is 0.410 e. The summed E-state index contributed by atoms with van der Waals surface area (Å²) in [5.41, 5.74) is 2.33. The van der Waals surface area contributed by atoms with Crippen LogP contribution in [0.15, 0.2) is 48.5 Å². The number of ether oxygens (including phenoxy) is 1. The number of likely N-dealkylation sites (N-methyl/N-ethyl adjacent to an activating group) is 1. The first kappa shape index (κ1) is 23.6. The van der Waals surface area contributed by atoms with Crippen LogP contribution in [0, 0.1) is 0 Å². The molecule has 0 radical (unpaired) electrons. The summed E-state index contributed by atoms with van der Waals surface area (Å²) in [6.07, 6.45) is -7.09. The third kappa shape index (κ3) is 4.74. The lowest BCUT2D eigenvalue weighted by Gasteiger charge is -2.36. The third-order valence-corrected chi connectivity index (χ3v) is 6.05. The van der Waals surface area contributed by atoms with Crippen molar-refractivity contribution >= 4 is 12.1 Å². The van der Waals surface area contributed by atoms with E-state index in [2.05, 4.69) is 0 Å². The van der Waals surface area contributed by atoms with Gasteiger partial charge < -0.3 is 9.84 Å². The molecular formula is C24H26F3NO4. The molecule has 0 fully saturated rings. The van der Waals surface area contributed by atoms with Crippen LogP contribution in [0.3, 0.4) is 0 Å². The number of carboxylic acid groups (broad SMARTS) is 1. The molecule has 2 aromatic carbocycles. The Morgan fingerprint density at radius 1 is 1.00 bits per heavy atom. The van der Waals surface area contributed by atoms with E-state index in [1.165, 1.54) is 6.92 Å². The molecule has 1 atom stereocenters. The Kier molecular flexibility index (Phi) is 6.81. The zero-order chi connectivity index (χ0) is 23.5. The van der Waals surface area contributed by atoms with Crippen molar-refractivity contribution in [3.8, 4) is 11.1 Å². The van der Waals surface area contributed by atoms with E-state index < -0.39 is 36.6 Å². The molecule has 1 aliphatic rings. The first-order valence-corrected chi connectivity index (χ1v) is 10.5. The van der Waals surface area contributed by atoms with Gasteiger partial charge in [-0.2, -0.15) is 13.2 Å². The predicted octanol–water partition coefficient (Wildman–Crippen LogP) is 5.83. The first-order chi connectivity index (χ1) is 15.1. The minimum Gasteiger partial charge on any atom is -0.480 e. The summed E-state index contributed by atoms with van der Waals surface area (Å²) >= 11 is 0. The topological polar surface area (TPSA) is 66.8 Å². The van der Waals surface area contributed by atoms with Crippen molar-refractivity contribution in [2.24, 2.45) is 0 Å². The van der Waals surface area contributed by atoms with Crippen molar-refractivity contribution in [3.63, 3.8) is 0 Å². The van der Waals surface area contributed by atoms with Crippen molar-refractivity contribution in [3.05, 3.63) is 59.7 Å². The Labute approximate surface area is 184 Å². The largest absolute Gasteiger partial charge is 0.480 e. The van der Waals surface area contributed by atoms with Gasteiger partial charge in [-0.1, -0.05) is 48.5 Å². The number of benzene rings is 2. The molecule has 0 bridgehead atoms. The van der Waals surface area contributed by atoms with Crippen molar-refractivity contribution in [1.82, 2.24) is 4.90 Å². The molecule has 0 spiro atoms. The van der Waals surface area contributed by atoms with Crippen LogP contribution in [0.25, 0.3) is 11.1 Å². The van der Waals surface area contributed by atoms with E-state index in [1.54, 1.807) is 6.92 Å². The maximum atomic E-state index is 12.9. The fourth-order valence-corrected chi connectivity index (χ4v) is 4.34. The van der Waals surface area contributed by atoms with Gasteiger partial charge in [0.15, 0.2) is 0 Å². The van der Waals surface area contributed by atoms with E-state index in [1.807, 2.05) is 48.5 Å². The molecule has 1 aliphatic carbocycles. The molecule has 3 rings (SSSR count). The van der Waals surface area contributed by atoms with E-state index in [4.69, 9.17) is 4.74 Å². The smallest absolute Gasteiger partial charge is 0.410 e. The van der Waals surface area contributed by atoms with E-state index in [0.717, 1.165) is 27.2 Å². The van der Waals surface area contributed by atoms with Crippen LogP contribution in [-0.4, -0.2) is 46.9 Å². The van der Waals surface area contributed by atoms with E-state index >= 15 is 0 Å². The Morgan fingerprint density at radius 2 is 1.53 bits per heavy atom. The van der Waals surface area contributed by atoms with Crippen LogP contribution in [0.1, 0.15) is 50.2 Å². The molecule has 1 N–H and O–H groups in total. The molecule has 5 nitrogen and oxygen atoms in total. The molecule has 0 heterocycles. The Balaban J connectivity index is 1.75. The number of hydrogen-bond acceptors (Lipinski definition) is 3. The Hall–Kier alpha value is -3.03. The highest BCUT2D eigenvalue weighted by Crippen LogP contribution is 2.44. The number of fused-ring (bicyclic) bond motifs is 3. The van der Waals surface area contributed by atoms with Crippen LogP contribution in [0.2, 0.25) is 0 Å². The molecule has 1 unspecified atom stereocenters. The van der Waals surface area contributed by atoms with Crippen LogP contribution >= 0.6 is 0 Å². The first-order valence-electron chi connectivity index (χ1n) is 10.5. The van der Waals surface area contributed by atoms with E-state index in [0.29, 0.717) is 0 Å². The summed E-state index contributed by atoms with van der Waals surface area (Å²) in [5, 5.41) is 9.72. The molecule has 8 heteroatoms. The highest BCUT2D eigenvalue weighted by Gasteiger charge is 2.43. The third-order valence-electron chi connectivity index (χ3n) is 6.05. The molecule has 172 valence electrons. The van der Waals surface area contributed by atoms with Crippen LogP contribution in [-0.2, 0) is 9.53 Å². The van der Waals surface area contributed by atoms with Crippen molar-refractivity contribution < 1.29 is 32.6 Å². The second-order valence-electron chi connectivity index (χ2n) is 8.10. The lowest BCUT2D eigenvalue weighted by atomic mass is 9.92. The van der Waals surface area contributed by atoms with Crippen LogP contribution in [0.4, 0.5) is 18.0 Å². The minimum atomic E-state index is -4.39. The molecule has 0 aromatic heterocycles. The van der Waals surface area contributed by atoms with Gasteiger partial charge in [0.2, 0.25) is 0 Å². The van der Waals surface area contributed by atoms with E-state index in [-0.39, 0.29) is 25.5 Å². The summed E-state index contributed by atoms with van der Waals surface area (Å²) in [7, 11) is 0. The van der Waals surface area contributed by atoms with Crippen molar-refractivity contribution in [1.29, 1.82) is 0 Å². The van der Waals surface area contributed by atoms with Gasteiger partial charge in [0.25, 0.3) is 0 Å². The van der Waals surface area contributed by atoms with E-state index in [9.17, 15) is 27.9 Å². The summed E-state index contributed by atoms with van der Waals surface area (Å²) in [6.45, 7) is 2.83. The zero-order valence-corrected chi connectivity index (χ0v) is 18.0. The molecular weight excluding hydrogens is 423 g/mol. The fraction of sp³-hybridized carbons (Fsp3) is 0.417. The number of carbonyl (C=O) groups excluding carboxylic acids is 1.